The molecule has 2 aromatic heterocycles. The van der Waals surface area contributed by atoms with Crippen molar-refractivity contribution in [1.29, 1.82) is 0 Å². The SMILES string of the molecule is O=c1c(-c2ccccc2)cnc2c(-c3ccc4ccccc4c3)c[nH]n12. The monoisotopic (exact) mass is 337 g/mol. The Hall–Kier alpha value is -3.66. The summed E-state index contributed by atoms with van der Waals surface area (Å²) in [5.74, 6) is 0. The van der Waals surface area contributed by atoms with Crippen LogP contribution in [0.15, 0.2) is 90.0 Å². The quantitative estimate of drug-likeness (QED) is 0.515. The van der Waals surface area contributed by atoms with Gasteiger partial charge in [-0.15, -0.1) is 0 Å². The van der Waals surface area contributed by atoms with E-state index in [4.69, 9.17) is 0 Å². The third kappa shape index (κ3) is 2.24. The van der Waals surface area contributed by atoms with Gasteiger partial charge in [0.15, 0.2) is 5.65 Å². The molecule has 0 saturated carbocycles. The summed E-state index contributed by atoms with van der Waals surface area (Å²) >= 11 is 0. The van der Waals surface area contributed by atoms with Crippen molar-refractivity contribution in [3.05, 3.63) is 95.5 Å². The number of aromatic nitrogens is 3. The Morgan fingerprint density at radius 2 is 1.54 bits per heavy atom. The Morgan fingerprint density at radius 3 is 2.38 bits per heavy atom. The molecule has 124 valence electrons. The van der Waals surface area contributed by atoms with E-state index in [2.05, 4.69) is 40.4 Å². The summed E-state index contributed by atoms with van der Waals surface area (Å²) in [6, 6.07) is 24.1. The number of hydrogen-bond acceptors (Lipinski definition) is 2. The number of H-pyrrole nitrogens is 1. The van der Waals surface area contributed by atoms with E-state index in [0.717, 1.165) is 22.1 Å². The molecule has 5 rings (SSSR count). The number of fused-ring (bicyclic) bond motifs is 2. The first-order valence-electron chi connectivity index (χ1n) is 8.45. The minimum absolute atomic E-state index is 0.103. The molecule has 0 aliphatic heterocycles. The maximum absolute atomic E-state index is 12.9. The molecule has 0 amide bonds. The van der Waals surface area contributed by atoms with E-state index in [0.29, 0.717) is 11.2 Å². The second-order valence-corrected chi connectivity index (χ2v) is 6.25. The summed E-state index contributed by atoms with van der Waals surface area (Å²) in [6.45, 7) is 0. The average molecular weight is 337 g/mol. The van der Waals surface area contributed by atoms with E-state index in [1.807, 2.05) is 48.7 Å². The summed E-state index contributed by atoms with van der Waals surface area (Å²) in [6.07, 6.45) is 3.49. The molecule has 5 aromatic rings. The predicted molar refractivity (Wildman–Crippen MR) is 104 cm³/mol. The Bertz CT molecular complexity index is 1300. The van der Waals surface area contributed by atoms with Gasteiger partial charge < -0.3 is 0 Å². The fraction of sp³-hybridized carbons (Fsp3) is 0. The largest absolute Gasteiger partial charge is 0.296 e. The van der Waals surface area contributed by atoms with Crippen LogP contribution >= 0.6 is 0 Å². The molecule has 0 bridgehead atoms. The molecule has 0 aliphatic carbocycles. The lowest BCUT2D eigenvalue weighted by Gasteiger charge is -2.04. The molecule has 2 heterocycles. The molecule has 1 N–H and O–H groups in total. The van der Waals surface area contributed by atoms with E-state index in [-0.39, 0.29) is 5.56 Å². The van der Waals surface area contributed by atoms with Crippen LogP contribution in [0.2, 0.25) is 0 Å². The molecular weight excluding hydrogens is 322 g/mol. The Kier molecular flexibility index (Phi) is 3.22. The maximum atomic E-state index is 12.9. The fourth-order valence-electron chi connectivity index (χ4n) is 3.34. The van der Waals surface area contributed by atoms with E-state index in [9.17, 15) is 4.79 Å². The van der Waals surface area contributed by atoms with Gasteiger partial charge in [0.25, 0.3) is 5.56 Å². The van der Waals surface area contributed by atoms with Crippen LogP contribution in [0.4, 0.5) is 0 Å². The van der Waals surface area contributed by atoms with Crippen LogP contribution in [-0.2, 0) is 0 Å². The highest BCUT2D eigenvalue weighted by Crippen LogP contribution is 2.27. The molecule has 0 radical (unpaired) electrons. The summed E-state index contributed by atoms with van der Waals surface area (Å²) < 4.78 is 1.51. The van der Waals surface area contributed by atoms with Gasteiger partial charge in [-0.25, -0.2) is 9.50 Å². The van der Waals surface area contributed by atoms with Gasteiger partial charge in [-0.2, -0.15) is 0 Å². The van der Waals surface area contributed by atoms with Gasteiger partial charge in [0, 0.05) is 18.0 Å². The minimum Gasteiger partial charge on any atom is -0.296 e. The van der Waals surface area contributed by atoms with E-state index in [1.54, 1.807) is 6.20 Å². The zero-order valence-electron chi connectivity index (χ0n) is 13.9. The lowest BCUT2D eigenvalue weighted by Crippen LogP contribution is -2.16. The van der Waals surface area contributed by atoms with E-state index >= 15 is 0 Å². The van der Waals surface area contributed by atoms with Crippen molar-refractivity contribution in [3.63, 3.8) is 0 Å². The smallest absolute Gasteiger partial charge is 0.280 e. The summed E-state index contributed by atoms with van der Waals surface area (Å²) in [5, 5.41) is 5.40. The van der Waals surface area contributed by atoms with Crippen LogP contribution in [0.25, 0.3) is 38.7 Å². The first-order chi connectivity index (χ1) is 12.8. The van der Waals surface area contributed by atoms with E-state index < -0.39 is 0 Å². The third-order valence-electron chi connectivity index (χ3n) is 4.69. The van der Waals surface area contributed by atoms with Crippen LogP contribution < -0.4 is 5.56 Å². The number of nitrogens with one attached hydrogen (secondary N) is 1. The highest BCUT2D eigenvalue weighted by Gasteiger charge is 2.13. The van der Waals surface area contributed by atoms with Gasteiger partial charge in [0.05, 0.1) is 5.56 Å². The van der Waals surface area contributed by atoms with Crippen LogP contribution in [0.3, 0.4) is 0 Å². The van der Waals surface area contributed by atoms with Crippen molar-refractivity contribution < 1.29 is 0 Å². The molecule has 0 atom stereocenters. The second kappa shape index (κ2) is 5.70. The maximum Gasteiger partial charge on any atom is 0.280 e. The van der Waals surface area contributed by atoms with Crippen LogP contribution in [0, 0.1) is 0 Å². The summed E-state index contributed by atoms with van der Waals surface area (Å²) in [4.78, 5) is 17.4. The molecular formula is C22H15N3O. The number of benzene rings is 3. The Labute approximate surface area is 149 Å². The van der Waals surface area contributed by atoms with Crippen LogP contribution in [0.5, 0.6) is 0 Å². The second-order valence-electron chi connectivity index (χ2n) is 6.25. The molecule has 4 nitrogen and oxygen atoms in total. The summed E-state index contributed by atoms with van der Waals surface area (Å²) in [5.41, 5.74) is 3.91. The van der Waals surface area contributed by atoms with Crippen LogP contribution in [0.1, 0.15) is 0 Å². The molecule has 26 heavy (non-hydrogen) atoms. The highest BCUT2D eigenvalue weighted by atomic mass is 16.1. The zero-order chi connectivity index (χ0) is 17.5. The van der Waals surface area contributed by atoms with Crippen LogP contribution in [-0.4, -0.2) is 14.6 Å². The number of aromatic amines is 1. The van der Waals surface area contributed by atoms with E-state index in [1.165, 1.54) is 9.90 Å². The fourth-order valence-corrected chi connectivity index (χ4v) is 3.34. The molecule has 4 heteroatoms. The van der Waals surface area contributed by atoms with Crippen molar-refractivity contribution >= 4 is 16.4 Å². The van der Waals surface area contributed by atoms with Crippen molar-refractivity contribution in [3.8, 4) is 22.3 Å². The highest BCUT2D eigenvalue weighted by molar-refractivity contribution is 5.89. The normalized spacial score (nSPS) is 11.2. The summed E-state index contributed by atoms with van der Waals surface area (Å²) in [7, 11) is 0. The van der Waals surface area contributed by atoms with Gasteiger partial charge in [-0.05, 0) is 28.0 Å². The van der Waals surface area contributed by atoms with Crippen molar-refractivity contribution in [2.75, 3.05) is 0 Å². The standard InChI is InChI=1S/C22H15N3O/c26-22-20(16-7-2-1-3-8-16)13-23-21-19(14-24-25(21)22)18-11-10-15-6-4-5-9-17(15)12-18/h1-14,24H. The molecule has 0 fully saturated rings. The van der Waals surface area contributed by atoms with Gasteiger partial charge in [0.2, 0.25) is 0 Å². The molecule has 3 aromatic carbocycles. The van der Waals surface area contributed by atoms with Gasteiger partial charge in [0.1, 0.15) is 0 Å². The van der Waals surface area contributed by atoms with Crippen molar-refractivity contribution in [2.45, 2.75) is 0 Å². The van der Waals surface area contributed by atoms with Crippen molar-refractivity contribution in [2.24, 2.45) is 0 Å². The first kappa shape index (κ1) is 14.7. The van der Waals surface area contributed by atoms with Crippen molar-refractivity contribution in [1.82, 2.24) is 14.6 Å². The Morgan fingerprint density at radius 1 is 0.769 bits per heavy atom. The number of rotatable bonds is 2. The topological polar surface area (TPSA) is 50.2 Å². The third-order valence-corrected chi connectivity index (χ3v) is 4.69. The average Bonchev–Trinajstić information content (AvgIpc) is 3.14. The van der Waals surface area contributed by atoms with Gasteiger partial charge >= 0.3 is 0 Å². The number of hydrogen-bond donors (Lipinski definition) is 1. The molecule has 0 saturated heterocycles. The van der Waals surface area contributed by atoms with Gasteiger partial charge in [-0.3, -0.25) is 9.89 Å². The molecule has 0 aliphatic rings. The lowest BCUT2D eigenvalue weighted by atomic mass is 10.0. The van der Waals surface area contributed by atoms with Gasteiger partial charge in [-0.1, -0.05) is 66.7 Å². The molecule has 0 unspecified atom stereocenters. The lowest BCUT2D eigenvalue weighted by molar-refractivity contribution is 0.902. The predicted octanol–water partition coefficient (Wildman–Crippen LogP) is 4.51. The minimum atomic E-state index is -0.103. The molecule has 0 spiro atoms. The number of nitrogens with zero attached hydrogens (tertiary/aromatic N) is 2. The Balaban J connectivity index is 1.70. The first-order valence-corrected chi connectivity index (χ1v) is 8.45. The zero-order valence-corrected chi connectivity index (χ0v) is 13.9.